The first kappa shape index (κ1) is 28.2. The highest BCUT2D eigenvalue weighted by atomic mass is 16.5. The average Bonchev–Trinajstić information content (AvgIpc) is 3.21. The zero-order chi connectivity index (χ0) is 29.0. The van der Waals surface area contributed by atoms with Crippen LogP contribution in [-0.4, -0.2) is 78.4 Å². The summed E-state index contributed by atoms with van der Waals surface area (Å²) >= 11 is 0. The van der Waals surface area contributed by atoms with E-state index in [1.807, 2.05) is 56.4 Å². The van der Waals surface area contributed by atoms with E-state index in [0.717, 1.165) is 17.7 Å². The second kappa shape index (κ2) is 11.9. The van der Waals surface area contributed by atoms with Gasteiger partial charge in [-0.15, -0.1) is 0 Å². The highest BCUT2D eigenvalue weighted by Gasteiger charge is 2.20. The lowest BCUT2D eigenvalue weighted by atomic mass is 10.2. The second-order valence-electron chi connectivity index (χ2n) is 9.36. The Bertz CT molecular complexity index is 1610. The number of nitrogens with zero attached hydrogens (tertiary/aromatic N) is 6. The molecule has 2 heterocycles. The maximum absolute atomic E-state index is 13.2. The topological polar surface area (TPSA) is 119 Å². The molecule has 0 fully saturated rings. The van der Waals surface area contributed by atoms with Crippen molar-refractivity contribution in [2.75, 3.05) is 64.0 Å². The van der Waals surface area contributed by atoms with Gasteiger partial charge in [-0.1, -0.05) is 18.7 Å². The summed E-state index contributed by atoms with van der Waals surface area (Å²) in [6, 6.07) is 11.0. The molecular weight excluding hydrogens is 512 g/mol. The molecule has 210 valence electrons. The smallest absolute Gasteiger partial charge is 0.334 e. The first-order chi connectivity index (χ1) is 19.2. The zero-order valence-electron chi connectivity index (χ0n) is 23.6. The molecule has 0 unspecified atom stereocenters. The van der Waals surface area contributed by atoms with Crippen molar-refractivity contribution in [1.82, 2.24) is 24.0 Å². The molecule has 0 aliphatic rings. The van der Waals surface area contributed by atoms with E-state index in [4.69, 9.17) is 9.47 Å². The van der Waals surface area contributed by atoms with E-state index in [-0.39, 0.29) is 23.4 Å². The molecule has 12 heteroatoms. The van der Waals surface area contributed by atoms with Crippen molar-refractivity contribution in [3.63, 3.8) is 0 Å². The van der Waals surface area contributed by atoms with Gasteiger partial charge < -0.3 is 29.9 Å². The lowest BCUT2D eigenvalue weighted by Gasteiger charge is -2.26. The summed E-state index contributed by atoms with van der Waals surface area (Å²) in [7, 11) is 10.7. The fraction of sp³-hybridized carbons (Fsp3) is 0.286. The number of methoxy groups -OCH3 is 2. The maximum Gasteiger partial charge on any atom is 0.334 e. The molecule has 0 bridgehead atoms. The number of anilines is 4. The summed E-state index contributed by atoms with van der Waals surface area (Å²) < 4.78 is 14.2. The number of rotatable bonds is 11. The molecule has 1 amide bonds. The Morgan fingerprint density at radius 2 is 1.75 bits per heavy atom. The molecule has 0 saturated heterocycles. The molecule has 4 aromatic rings. The zero-order valence-corrected chi connectivity index (χ0v) is 23.6. The summed E-state index contributed by atoms with van der Waals surface area (Å²) in [4.78, 5) is 38.6. The lowest BCUT2D eigenvalue weighted by molar-refractivity contribution is -0.111. The van der Waals surface area contributed by atoms with Gasteiger partial charge in [0.2, 0.25) is 11.9 Å². The fourth-order valence-corrected chi connectivity index (χ4v) is 4.25. The number of benzene rings is 2. The van der Waals surface area contributed by atoms with Gasteiger partial charge in [0.1, 0.15) is 5.75 Å². The molecule has 0 aliphatic carbocycles. The van der Waals surface area contributed by atoms with Gasteiger partial charge in [0, 0.05) is 33.3 Å². The van der Waals surface area contributed by atoms with Crippen LogP contribution in [0.25, 0.3) is 16.9 Å². The molecule has 0 aliphatic heterocycles. The predicted octanol–water partition coefficient (Wildman–Crippen LogP) is 3.00. The molecule has 2 aromatic heterocycles. The highest BCUT2D eigenvalue weighted by molar-refractivity contribution is 6.02. The number of para-hydroxylation sites is 2. The first-order valence-electron chi connectivity index (χ1n) is 12.5. The van der Waals surface area contributed by atoms with E-state index in [0.29, 0.717) is 34.9 Å². The molecule has 2 N–H and O–H groups in total. The molecule has 4 rings (SSSR count). The van der Waals surface area contributed by atoms with Crippen molar-refractivity contribution in [1.29, 1.82) is 0 Å². The first-order valence-corrected chi connectivity index (χ1v) is 12.5. The number of carbonyl (C=O) groups is 1. The Labute approximate surface area is 232 Å². The summed E-state index contributed by atoms with van der Waals surface area (Å²) in [6.07, 6.45) is 2.71. The van der Waals surface area contributed by atoms with Crippen LogP contribution in [-0.2, 0) is 11.8 Å². The largest absolute Gasteiger partial charge is 0.494 e. The summed E-state index contributed by atoms with van der Waals surface area (Å²) in [5.74, 6) is 0.959. The van der Waals surface area contributed by atoms with Crippen LogP contribution in [0.15, 0.2) is 60.0 Å². The minimum Gasteiger partial charge on any atom is -0.494 e. The molecule has 12 nitrogen and oxygen atoms in total. The van der Waals surface area contributed by atoms with Crippen LogP contribution in [0, 0.1) is 0 Å². The molecule has 2 aromatic carbocycles. The van der Waals surface area contributed by atoms with E-state index in [2.05, 4.69) is 32.1 Å². The number of aryl methyl sites for hydroxylation is 1. The van der Waals surface area contributed by atoms with Gasteiger partial charge in [0.25, 0.3) is 0 Å². The van der Waals surface area contributed by atoms with E-state index in [1.54, 1.807) is 24.8 Å². The maximum atomic E-state index is 13.2. The quantitative estimate of drug-likeness (QED) is 0.274. The van der Waals surface area contributed by atoms with E-state index < -0.39 is 0 Å². The summed E-state index contributed by atoms with van der Waals surface area (Å²) in [5, 5.41) is 6.05. The van der Waals surface area contributed by atoms with Crippen LogP contribution in [0.2, 0.25) is 0 Å². The predicted molar refractivity (Wildman–Crippen MR) is 158 cm³/mol. The summed E-state index contributed by atoms with van der Waals surface area (Å²) in [6.45, 7) is 5.09. The second-order valence-corrected chi connectivity index (χ2v) is 9.36. The Balaban J connectivity index is 1.80. The molecule has 40 heavy (non-hydrogen) atoms. The van der Waals surface area contributed by atoms with Gasteiger partial charge in [-0.2, -0.15) is 4.98 Å². The van der Waals surface area contributed by atoms with Gasteiger partial charge in [-0.05, 0) is 38.4 Å². The van der Waals surface area contributed by atoms with Crippen LogP contribution in [0.3, 0.4) is 0 Å². The Morgan fingerprint density at radius 3 is 2.40 bits per heavy atom. The van der Waals surface area contributed by atoms with Crippen LogP contribution in [0.5, 0.6) is 11.5 Å². The molecule has 0 atom stereocenters. The number of carbonyl (C=O) groups excluding carboxylic acids is 1. The highest BCUT2D eigenvalue weighted by Crippen LogP contribution is 2.38. The van der Waals surface area contributed by atoms with Gasteiger partial charge in [0.05, 0.1) is 48.5 Å². The number of ether oxygens (including phenoxy) is 2. The standard InChI is InChI=1S/C28H34N8O4/c1-8-25(37)30-18-15-19(23(39-6)16-22(18)34(4)14-13-33(2)3)31-27-29-17-24(40-7)26(32-27)36-21-12-10-9-11-20(21)35(5)28(36)38/h8-12,15-17H,1,13-14H2,2-7H3,(H,30,37)(H,29,31,32). The third-order valence-electron chi connectivity index (χ3n) is 6.43. The van der Waals surface area contributed by atoms with Crippen molar-refractivity contribution in [3.8, 4) is 17.3 Å². The monoisotopic (exact) mass is 546 g/mol. The number of likely N-dealkylation sites (N-methyl/N-ethyl adjacent to an activating group) is 2. The van der Waals surface area contributed by atoms with Crippen LogP contribution in [0.1, 0.15) is 0 Å². The van der Waals surface area contributed by atoms with Gasteiger partial charge >= 0.3 is 5.69 Å². The Morgan fingerprint density at radius 1 is 1.05 bits per heavy atom. The van der Waals surface area contributed by atoms with Crippen molar-refractivity contribution >= 4 is 40.0 Å². The Kier molecular flexibility index (Phi) is 8.39. The molecular formula is C28H34N8O4. The van der Waals surface area contributed by atoms with E-state index in [9.17, 15) is 9.59 Å². The molecule has 0 radical (unpaired) electrons. The number of hydrogen-bond acceptors (Lipinski definition) is 9. The SMILES string of the molecule is C=CC(=O)Nc1cc(Nc2ncc(OC)c(-n3c(=O)n(C)c4ccccc43)n2)c(OC)cc1N(C)CCN(C)C. The summed E-state index contributed by atoms with van der Waals surface area (Å²) in [5.41, 5.74) is 2.97. The fourth-order valence-electron chi connectivity index (χ4n) is 4.25. The van der Waals surface area contributed by atoms with Crippen molar-refractivity contribution in [3.05, 3.63) is 65.7 Å². The number of nitrogens with one attached hydrogen (secondary N) is 2. The van der Waals surface area contributed by atoms with Crippen molar-refractivity contribution < 1.29 is 14.3 Å². The van der Waals surface area contributed by atoms with Gasteiger partial charge in [-0.3, -0.25) is 9.36 Å². The molecule has 0 saturated carbocycles. The lowest BCUT2D eigenvalue weighted by Crippen LogP contribution is -2.29. The van der Waals surface area contributed by atoms with Crippen LogP contribution in [0.4, 0.5) is 23.0 Å². The number of hydrogen-bond donors (Lipinski definition) is 2. The van der Waals surface area contributed by atoms with E-state index >= 15 is 0 Å². The van der Waals surface area contributed by atoms with Crippen molar-refractivity contribution in [2.24, 2.45) is 7.05 Å². The average molecular weight is 547 g/mol. The normalized spacial score (nSPS) is 11.0. The minimum atomic E-state index is -0.350. The minimum absolute atomic E-state index is 0.198. The number of imidazole rings is 1. The van der Waals surface area contributed by atoms with Crippen molar-refractivity contribution in [2.45, 2.75) is 0 Å². The third kappa shape index (κ3) is 5.61. The van der Waals surface area contributed by atoms with Gasteiger partial charge in [0.15, 0.2) is 11.6 Å². The van der Waals surface area contributed by atoms with Crippen LogP contribution < -0.4 is 30.7 Å². The number of amides is 1. The van der Waals surface area contributed by atoms with E-state index in [1.165, 1.54) is 23.9 Å². The number of aromatic nitrogens is 4. The molecule has 0 spiro atoms. The van der Waals surface area contributed by atoms with Crippen LogP contribution >= 0.6 is 0 Å². The number of fused-ring (bicyclic) bond motifs is 1. The van der Waals surface area contributed by atoms with Gasteiger partial charge in [-0.25, -0.2) is 14.3 Å². The third-order valence-corrected chi connectivity index (χ3v) is 6.43. The Hall–Kier alpha value is -4.84.